The highest BCUT2D eigenvalue weighted by Gasteiger charge is 2.30. The van der Waals surface area contributed by atoms with Crippen molar-refractivity contribution in [1.82, 2.24) is 0 Å². The number of carbonyl (C=O) groups is 1. The largest absolute Gasteiger partial charge is 0.348 e. The smallest absolute Gasteiger partial charge is 0.224 e. The molecule has 3 nitrogen and oxygen atoms in total. The lowest BCUT2D eigenvalue weighted by Crippen LogP contribution is -2.33. The van der Waals surface area contributed by atoms with Crippen molar-refractivity contribution >= 4 is 34.5 Å². The Kier molecular flexibility index (Phi) is 3.71. The molecule has 2 aromatic rings. The summed E-state index contributed by atoms with van der Waals surface area (Å²) in [6.45, 7) is 1.60. The van der Waals surface area contributed by atoms with E-state index in [0.717, 1.165) is 21.9 Å². The van der Waals surface area contributed by atoms with E-state index in [2.05, 4.69) is 5.32 Å². The van der Waals surface area contributed by atoms with Gasteiger partial charge in [-0.05, 0) is 17.7 Å². The van der Waals surface area contributed by atoms with E-state index in [0.29, 0.717) is 6.42 Å². The Hall–Kier alpha value is -2.20. The molecule has 106 valence electrons. The molecule has 0 fully saturated rings. The van der Waals surface area contributed by atoms with Gasteiger partial charge in [0.1, 0.15) is 0 Å². The first kappa shape index (κ1) is 13.8. The van der Waals surface area contributed by atoms with E-state index in [9.17, 15) is 4.79 Å². The van der Waals surface area contributed by atoms with Crippen molar-refractivity contribution in [3.05, 3.63) is 60.2 Å². The van der Waals surface area contributed by atoms with Gasteiger partial charge in [0.05, 0.1) is 22.4 Å². The van der Waals surface area contributed by atoms with Crippen molar-refractivity contribution in [3.63, 3.8) is 0 Å². The summed E-state index contributed by atoms with van der Waals surface area (Å²) in [5.74, 6) is 0.0165. The average molecular weight is 296 g/mol. The van der Waals surface area contributed by atoms with Crippen molar-refractivity contribution in [3.8, 4) is 0 Å². The van der Waals surface area contributed by atoms with E-state index in [1.165, 1.54) is 0 Å². The topological polar surface area (TPSA) is 32.3 Å². The van der Waals surface area contributed by atoms with Gasteiger partial charge in [0.15, 0.2) is 0 Å². The monoisotopic (exact) mass is 296 g/mol. The van der Waals surface area contributed by atoms with Crippen molar-refractivity contribution in [2.45, 2.75) is 19.4 Å². The molecule has 1 heterocycles. The number of hydrogen-bond donors (Lipinski definition) is 1. The summed E-state index contributed by atoms with van der Waals surface area (Å²) in [7, 11) is 0. The molecular weight excluding hydrogens is 280 g/mol. The number of nitrogens with zero attached hydrogens (tertiary/aromatic N) is 1. The number of hydrogen-bond acceptors (Lipinski definition) is 2. The SMILES string of the molecule is CC(=O)N1c2ccccc2NC(=S)CC1c1ccccc1. The highest BCUT2D eigenvalue weighted by Crippen LogP contribution is 2.38. The van der Waals surface area contributed by atoms with E-state index in [1.807, 2.05) is 59.5 Å². The van der Waals surface area contributed by atoms with Crippen molar-refractivity contribution < 1.29 is 4.79 Å². The molecule has 1 atom stereocenters. The second kappa shape index (κ2) is 5.66. The van der Waals surface area contributed by atoms with Gasteiger partial charge in [-0.2, -0.15) is 0 Å². The molecule has 1 aliphatic heterocycles. The average Bonchev–Trinajstić information content (AvgIpc) is 2.63. The van der Waals surface area contributed by atoms with Gasteiger partial charge < -0.3 is 10.2 Å². The van der Waals surface area contributed by atoms with E-state index in [-0.39, 0.29) is 11.9 Å². The lowest BCUT2D eigenvalue weighted by molar-refractivity contribution is -0.117. The summed E-state index contributed by atoms with van der Waals surface area (Å²) in [5, 5.41) is 3.24. The minimum absolute atomic E-state index is 0.0165. The maximum absolute atomic E-state index is 12.3. The Bertz CT molecular complexity index is 684. The molecule has 0 saturated carbocycles. The van der Waals surface area contributed by atoms with Crippen LogP contribution in [0.3, 0.4) is 0 Å². The molecule has 0 bridgehead atoms. The molecule has 1 N–H and O–H groups in total. The van der Waals surface area contributed by atoms with Crippen LogP contribution >= 0.6 is 12.2 Å². The van der Waals surface area contributed by atoms with E-state index < -0.39 is 0 Å². The zero-order chi connectivity index (χ0) is 14.8. The first-order valence-electron chi connectivity index (χ1n) is 6.90. The van der Waals surface area contributed by atoms with Gasteiger partial charge in [0, 0.05) is 13.3 Å². The second-order valence-corrected chi connectivity index (χ2v) is 5.58. The molecule has 0 aromatic heterocycles. The summed E-state index contributed by atoms with van der Waals surface area (Å²) in [5.41, 5.74) is 2.85. The maximum atomic E-state index is 12.3. The minimum atomic E-state index is -0.0765. The Balaban J connectivity index is 2.15. The van der Waals surface area contributed by atoms with Crippen LogP contribution in [0.15, 0.2) is 54.6 Å². The Morgan fingerprint density at radius 3 is 2.52 bits per heavy atom. The molecule has 0 radical (unpaired) electrons. The van der Waals surface area contributed by atoms with E-state index in [1.54, 1.807) is 6.92 Å². The van der Waals surface area contributed by atoms with Crippen LogP contribution in [-0.4, -0.2) is 10.9 Å². The molecule has 2 aromatic carbocycles. The molecule has 1 unspecified atom stereocenters. The molecule has 4 heteroatoms. The van der Waals surface area contributed by atoms with Crippen molar-refractivity contribution in [2.24, 2.45) is 0 Å². The molecule has 0 aliphatic carbocycles. The van der Waals surface area contributed by atoms with Crippen LogP contribution < -0.4 is 10.2 Å². The third kappa shape index (κ3) is 2.67. The summed E-state index contributed by atoms with van der Waals surface area (Å²) in [4.78, 5) is 14.8. The first-order chi connectivity index (χ1) is 10.2. The first-order valence-corrected chi connectivity index (χ1v) is 7.31. The van der Waals surface area contributed by atoms with Gasteiger partial charge in [-0.25, -0.2) is 0 Å². The zero-order valence-electron chi connectivity index (χ0n) is 11.7. The summed E-state index contributed by atoms with van der Waals surface area (Å²) in [6, 6.07) is 17.7. The maximum Gasteiger partial charge on any atom is 0.224 e. The lowest BCUT2D eigenvalue weighted by Gasteiger charge is -2.30. The fraction of sp³-hybridized carbons (Fsp3) is 0.176. The van der Waals surface area contributed by atoms with Gasteiger partial charge in [0.25, 0.3) is 0 Å². The second-order valence-electron chi connectivity index (χ2n) is 5.08. The molecule has 3 rings (SSSR count). The zero-order valence-corrected chi connectivity index (χ0v) is 12.6. The quantitative estimate of drug-likeness (QED) is 0.809. The Morgan fingerprint density at radius 1 is 1.14 bits per heavy atom. The van der Waals surface area contributed by atoms with Crippen molar-refractivity contribution in [1.29, 1.82) is 0 Å². The predicted octanol–water partition coefficient (Wildman–Crippen LogP) is 3.92. The number of thiocarbonyl (C=S) groups is 1. The van der Waals surface area contributed by atoms with Crippen LogP contribution in [0.4, 0.5) is 11.4 Å². The van der Waals surface area contributed by atoms with Gasteiger partial charge >= 0.3 is 0 Å². The van der Waals surface area contributed by atoms with Gasteiger partial charge in [-0.1, -0.05) is 54.7 Å². The summed E-state index contributed by atoms with van der Waals surface area (Å²) in [6.07, 6.45) is 0.619. The Labute approximate surface area is 129 Å². The molecule has 21 heavy (non-hydrogen) atoms. The third-order valence-electron chi connectivity index (χ3n) is 3.65. The number of para-hydroxylation sites is 2. The van der Waals surface area contributed by atoms with Crippen molar-refractivity contribution in [2.75, 3.05) is 10.2 Å². The predicted molar refractivity (Wildman–Crippen MR) is 89.6 cm³/mol. The van der Waals surface area contributed by atoms with E-state index >= 15 is 0 Å². The fourth-order valence-electron chi connectivity index (χ4n) is 2.76. The highest BCUT2D eigenvalue weighted by molar-refractivity contribution is 7.80. The van der Waals surface area contributed by atoms with Crippen LogP contribution in [0.2, 0.25) is 0 Å². The van der Waals surface area contributed by atoms with Gasteiger partial charge in [0.2, 0.25) is 5.91 Å². The number of benzene rings is 2. The standard InChI is InChI=1S/C17H16N2OS/c1-12(20)19-15-10-6-5-9-14(15)18-17(21)11-16(19)13-7-3-2-4-8-13/h2-10,16H,11H2,1H3,(H,18,21). The molecule has 1 aliphatic rings. The fourth-order valence-corrected chi connectivity index (χ4v) is 3.02. The normalized spacial score (nSPS) is 17.7. The van der Waals surface area contributed by atoms with Crippen LogP contribution in [0, 0.1) is 0 Å². The van der Waals surface area contributed by atoms with Crippen LogP contribution in [0.5, 0.6) is 0 Å². The molecule has 1 amide bonds. The number of carbonyl (C=O) groups excluding carboxylic acids is 1. The van der Waals surface area contributed by atoms with Gasteiger partial charge in [-0.3, -0.25) is 4.79 Å². The Morgan fingerprint density at radius 2 is 1.81 bits per heavy atom. The van der Waals surface area contributed by atoms with Gasteiger partial charge in [-0.15, -0.1) is 0 Å². The molecule has 0 saturated heterocycles. The van der Waals surface area contributed by atoms with Crippen LogP contribution in [-0.2, 0) is 4.79 Å². The minimum Gasteiger partial charge on any atom is -0.348 e. The molecule has 0 spiro atoms. The summed E-state index contributed by atoms with van der Waals surface area (Å²) >= 11 is 5.44. The molecular formula is C17H16N2OS. The number of amides is 1. The number of nitrogens with one attached hydrogen (secondary N) is 1. The number of rotatable bonds is 1. The van der Waals surface area contributed by atoms with E-state index in [4.69, 9.17) is 12.2 Å². The van der Waals surface area contributed by atoms with Crippen LogP contribution in [0.1, 0.15) is 24.9 Å². The lowest BCUT2D eigenvalue weighted by atomic mass is 10.0. The van der Waals surface area contributed by atoms with Crippen LogP contribution in [0.25, 0.3) is 0 Å². The summed E-state index contributed by atoms with van der Waals surface area (Å²) < 4.78 is 0. The highest BCUT2D eigenvalue weighted by atomic mass is 32.1. The number of fused-ring (bicyclic) bond motifs is 1. The third-order valence-corrected chi connectivity index (χ3v) is 3.92. The number of anilines is 2.